The highest BCUT2D eigenvalue weighted by molar-refractivity contribution is 5.07. The molecule has 3 nitrogen and oxygen atoms in total. The third-order valence-corrected chi connectivity index (χ3v) is 2.61. The SMILES string of the molecule is CC(C)Cc1nc(C2CC(F)(F)C2)n[nH]1. The number of nitrogens with one attached hydrogen (secondary N) is 1. The van der Waals surface area contributed by atoms with Crippen LogP contribution in [0.1, 0.15) is 44.3 Å². The van der Waals surface area contributed by atoms with Crippen molar-refractivity contribution >= 4 is 0 Å². The van der Waals surface area contributed by atoms with Crippen molar-refractivity contribution in [2.75, 3.05) is 0 Å². The molecule has 1 aliphatic rings. The smallest absolute Gasteiger partial charge is 0.249 e. The van der Waals surface area contributed by atoms with Crippen molar-refractivity contribution < 1.29 is 8.78 Å². The Balaban J connectivity index is 1.97. The maximum Gasteiger partial charge on any atom is 0.249 e. The minimum Gasteiger partial charge on any atom is -0.263 e. The van der Waals surface area contributed by atoms with Gasteiger partial charge in [-0.3, -0.25) is 5.10 Å². The van der Waals surface area contributed by atoms with Crippen LogP contribution in [0.5, 0.6) is 0 Å². The molecule has 1 aromatic heterocycles. The topological polar surface area (TPSA) is 41.6 Å². The number of hydrogen-bond donors (Lipinski definition) is 1. The van der Waals surface area contributed by atoms with Crippen molar-refractivity contribution in [2.45, 2.75) is 45.0 Å². The van der Waals surface area contributed by atoms with E-state index in [1.807, 2.05) is 0 Å². The van der Waals surface area contributed by atoms with E-state index in [4.69, 9.17) is 0 Å². The van der Waals surface area contributed by atoms with Gasteiger partial charge in [0.05, 0.1) is 0 Å². The van der Waals surface area contributed by atoms with E-state index in [2.05, 4.69) is 29.0 Å². The molecule has 1 heterocycles. The van der Waals surface area contributed by atoms with Gasteiger partial charge in [-0.1, -0.05) is 13.8 Å². The average Bonchev–Trinajstić information content (AvgIpc) is 2.47. The molecular formula is C10H15F2N3. The molecule has 1 aliphatic carbocycles. The Hall–Kier alpha value is -1.00. The van der Waals surface area contributed by atoms with Gasteiger partial charge in [0.1, 0.15) is 5.82 Å². The molecule has 0 radical (unpaired) electrons. The molecule has 1 aromatic rings. The number of rotatable bonds is 3. The normalized spacial score (nSPS) is 20.6. The molecule has 0 spiro atoms. The van der Waals surface area contributed by atoms with Gasteiger partial charge in [0, 0.05) is 25.2 Å². The highest BCUT2D eigenvalue weighted by Gasteiger charge is 2.47. The highest BCUT2D eigenvalue weighted by atomic mass is 19.3. The van der Waals surface area contributed by atoms with E-state index in [0.717, 1.165) is 12.2 Å². The van der Waals surface area contributed by atoms with E-state index >= 15 is 0 Å². The fourth-order valence-corrected chi connectivity index (χ4v) is 1.81. The van der Waals surface area contributed by atoms with Crippen molar-refractivity contribution in [3.63, 3.8) is 0 Å². The third kappa shape index (κ3) is 2.33. The van der Waals surface area contributed by atoms with Crippen LogP contribution >= 0.6 is 0 Å². The van der Waals surface area contributed by atoms with Crippen molar-refractivity contribution in [2.24, 2.45) is 5.92 Å². The van der Waals surface area contributed by atoms with E-state index in [0.29, 0.717) is 11.7 Å². The average molecular weight is 215 g/mol. The van der Waals surface area contributed by atoms with Gasteiger partial charge in [-0.25, -0.2) is 13.8 Å². The number of halogens is 2. The fourth-order valence-electron chi connectivity index (χ4n) is 1.81. The molecule has 1 N–H and O–H groups in total. The minimum absolute atomic E-state index is 0.105. The Morgan fingerprint density at radius 2 is 2.13 bits per heavy atom. The summed E-state index contributed by atoms with van der Waals surface area (Å²) in [6, 6.07) is 0. The summed E-state index contributed by atoms with van der Waals surface area (Å²) < 4.78 is 25.3. The first kappa shape index (κ1) is 10.5. The van der Waals surface area contributed by atoms with Crippen molar-refractivity contribution in [3.05, 3.63) is 11.6 Å². The molecule has 0 saturated heterocycles. The van der Waals surface area contributed by atoms with Crippen LogP contribution in [-0.4, -0.2) is 21.1 Å². The molecule has 0 amide bonds. The Kier molecular flexibility index (Phi) is 2.48. The molecule has 0 bridgehead atoms. The lowest BCUT2D eigenvalue weighted by Crippen LogP contribution is -2.34. The summed E-state index contributed by atoms with van der Waals surface area (Å²) in [5.41, 5.74) is 0. The lowest BCUT2D eigenvalue weighted by atomic mass is 9.81. The molecule has 0 atom stereocenters. The Morgan fingerprint density at radius 1 is 1.47 bits per heavy atom. The minimum atomic E-state index is -2.50. The molecule has 1 fully saturated rings. The number of aromatic nitrogens is 3. The van der Waals surface area contributed by atoms with Crippen molar-refractivity contribution in [1.82, 2.24) is 15.2 Å². The van der Waals surface area contributed by atoms with Gasteiger partial charge in [-0.2, -0.15) is 5.10 Å². The van der Waals surface area contributed by atoms with Crippen LogP contribution in [0.15, 0.2) is 0 Å². The van der Waals surface area contributed by atoms with Crippen molar-refractivity contribution in [3.8, 4) is 0 Å². The molecule has 15 heavy (non-hydrogen) atoms. The molecule has 2 rings (SSSR count). The summed E-state index contributed by atoms with van der Waals surface area (Å²) in [6.45, 7) is 4.17. The Labute approximate surface area is 87.3 Å². The number of aromatic amines is 1. The standard InChI is InChI=1S/C10H15F2N3/c1-6(2)3-8-13-9(15-14-8)7-4-10(11,12)5-7/h6-7H,3-5H2,1-2H3,(H,13,14,15). The van der Waals surface area contributed by atoms with E-state index < -0.39 is 5.92 Å². The van der Waals surface area contributed by atoms with E-state index in [1.54, 1.807) is 0 Å². The monoisotopic (exact) mass is 215 g/mol. The van der Waals surface area contributed by atoms with Gasteiger partial charge in [0.25, 0.3) is 0 Å². The van der Waals surface area contributed by atoms with Crippen LogP contribution in [0, 0.1) is 5.92 Å². The first-order chi connectivity index (χ1) is 6.96. The van der Waals surface area contributed by atoms with Gasteiger partial charge in [0.2, 0.25) is 5.92 Å². The lowest BCUT2D eigenvalue weighted by Gasteiger charge is -2.32. The largest absolute Gasteiger partial charge is 0.263 e. The summed E-state index contributed by atoms with van der Waals surface area (Å²) in [6.07, 6.45) is 0.605. The first-order valence-electron chi connectivity index (χ1n) is 5.25. The Morgan fingerprint density at radius 3 is 2.67 bits per heavy atom. The zero-order valence-corrected chi connectivity index (χ0v) is 8.93. The third-order valence-electron chi connectivity index (χ3n) is 2.61. The molecule has 0 aromatic carbocycles. The highest BCUT2D eigenvalue weighted by Crippen LogP contribution is 2.47. The number of alkyl halides is 2. The second kappa shape index (κ2) is 3.54. The van der Waals surface area contributed by atoms with Crippen LogP contribution in [0.3, 0.4) is 0 Å². The summed E-state index contributed by atoms with van der Waals surface area (Å²) in [7, 11) is 0. The lowest BCUT2D eigenvalue weighted by molar-refractivity contribution is -0.0884. The van der Waals surface area contributed by atoms with Gasteiger partial charge in [-0.15, -0.1) is 0 Å². The number of hydrogen-bond acceptors (Lipinski definition) is 2. The van der Waals surface area contributed by atoms with Crippen LogP contribution < -0.4 is 0 Å². The van der Waals surface area contributed by atoms with Gasteiger partial charge >= 0.3 is 0 Å². The van der Waals surface area contributed by atoms with Gasteiger partial charge in [-0.05, 0) is 5.92 Å². The fraction of sp³-hybridized carbons (Fsp3) is 0.800. The van der Waals surface area contributed by atoms with Crippen LogP contribution in [0.2, 0.25) is 0 Å². The quantitative estimate of drug-likeness (QED) is 0.841. The summed E-state index contributed by atoms with van der Waals surface area (Å²) in [4.78, 5) is 4.24. The van der Waals surface area contributed by atoms with Crippen LogP contribution in [-0.2, 0) is 6.42 Å². The molecule has 1 saturated carbocycles. The molecule has 5 heteroatoms. The summed E-state index contributed by atoms with van der Waals surface area (Å²) in [5.74, 6) is -0.804. The van der Waals surface area contributed by atoms with E-state index in [9.17, 15) is 8.78 Å². The second-order valence-electron chi connectivity index (χ2n) is 4.70. The predicted octanol–water partition coefficient (Wildman–Crippen LogP) is 2.52. The van der Waals surface area contributed by atoms with Gasteiger partial charge < -0.3 is 0 Å². The van der Waals surface area contributed by atoms with Gasteiger partial charge in [0.15, 0.2) is 5.82 Å². The molecule has 0 unspecified atom stereocenters. The maximum atomic E-state index is 12.6. The predicted molar refractivity (Wildman–Crippen MR) is 51.8 cm³/mol. The Bertz CT molecular complexity index is 338. The maximum absolute atomic E-state index is 12.6. The van der Waals surface area contributed by atoms with Crippen LogP contribution in [0.25, 0.3) is 0 Å². The van der Waals surface area contributed by atoms with E-state index in [1.165, 1.54) is 0 Å². The number of H-pyrrole nitrogens is 1. The first-order valence-corrected chi connectivity index (χ1v) is 5.25. The van der Waals surface area contributed by atoms with Crippen molar-refractivity contribution in [1.29, 1.82) is 0 Å². The summed E-state index contributed by atoms with van der Waals surface area (Å²) in [5, 5.41) is 6.79. The molecule has 0 aliphatic heterocycles. The molecule has 84 valence electrons. The second-order valence-corrected chi connectivity index (χ2v) is 4.70. The summed E-state index contributed by atoms with van der Waals surface area (Å²) >= 11 is 0. The molecular weight excluding hydrogens is 200 g/mol. The van der Waals surface area contributed by atoms with E-state index in [-0.39, 0.29) is 18.8 Å². The number of nitrogens with zero attached hydrogens (tertiary/aromatic N) is 2. The van der Waals surface area contributed by atoms with Crippen LogP contribution in [0.4, 0.5) is 8.78 Å². The zero-order chi connectivity index (χ0) is 11.1. The zero-order valence-electron chi connectivity index (χ0n) is 8.93.